The summed E-state index contributed by atoms with van der Waals surface area (Å²) in [6.07, 6.45) is 0. The van der Waals surface area contributed by atoms with Crippen LogP contribution in [0.3, 0.4) is 0 Å². The average molecular weight is 188 g/mol. The van der Waals surface area contributed by atoms with Crippen LogP contribution in [0.1, 0.15) is 5.56 Å². The minimum absolute atomic E-state index is 0.0522. The van der Waals surface area contributed by atoms with Gasteiger partial charge in [0.1, 0.15) is 11.7 Å². The highest BCUT2D eigenvalue weighted by molar-refractivity contribution is 6.31. The fourth-order valence-corrected chi connectivity index (χ4v) is 0.998. The van der Waals surface area contributed by atoms with Crippen molar-refractivity contribution in [3.8, 4) is 0 Å². The van der Waals surface area contributed by atoms with E-state index < -0.39 is 5.82 Å². The lowest BCUT2D eigenvalue weighted by Crippen LogP contribution is -2.15. The number of rotatable bonds is 1. The van der Waals surface area contributed by atoms with Crippen LogP contribution < -0.4 is 11.6 Å². The zero-order valence-electron chi connectivity index (χ0n) is 6.09. The van der Waals surface area contributed by atoms with Gasteiger partial charge >= 0.3 is 0 Å². The third kappa shape index (κ3) is 1.85. The molecule has 0 aromatic heterocycles. The molecule has 0 aliphatic rings. The highest BCUT2D eigenvalue weighted by Gasteiger charge is 2.01. The van der Waals surface area contributed by atoms with Crippen molar-refractivity contribution in [1.82, 2.24) is 0 Å². The van der Waals surface area contributed by atoms with Crippen molar-refractivity contribution in [1.29, 1.82) is 0 Å². The van der Waals surface area contributed by atoms with E-state index >= 15 is 0 Å². The van der Waals surface area contributed by atoms with Crippen molar-refractivity contribution < 1.29 is 4.39 Å². The Bertz CT molecular complexity index is 304. The van der Waals surface area contributed by atoms with Crippen LogP contribution in [-0.2, 0) is 0 Å². The normalized spacial score (nSPS) is 11.7. The molecule has 0 amide bonds. The lowest BCUT2D eigenvalue weighted by atomic mass is 10.2. The number of hydrogen-bond donors (Lipinski definition) is 2. The maximum atomic E-state index is 12.7. The number of amidine groups is 1. The maximum Gasteiger partial charge on any atom is 0.150 e. The van der Waals surface area contributed by atoms with E-state index in [9.17, 15) is 4.39 Å². The molecule has 0 atom stereocenters. The van der Waals surface area contributed by atoms with Gasteiger partial charge in [-0.15, -0.1) is 0 Å². The molecular formula is C7H7ClFN3. The van der Waals surface area contributed by atoms with Crippen molar-refractivity contribution in [2.24, 2.45) is 16.7 Å². The quantitative estimate of drug-likeness (QED) is 0.299. The number of benzene rings is 1. The van der Waals surface area contributed by atoms with Crippen LogP contribution in [-0.4, -0.2) is 5.84 Å². The predicted molar refractivity (Wildman–Crippen MR) is 46.3 cm³/mol. The predicted octanol–water partition coefficient (Wildman–Crippen LogP) is 1.06. The highest BCUT2D eigenvalue weighted by Crippen LogP contribution is 2.13. The van der Waals surface area contributed by atoms with E-state index in [2.05, 4.69) is 5.10 Å². The molecule has 0 aliphatic heterocycles. The largest absolute Gasteiger partial charge is 0.382 e. The summed E-state index contributed by atoms with van der Waals surface area (Å²) >= 11 is 5.56. The first kappa shape index (κ1) is 8.80. The number of nitrogens with zero attached hydrogens (tertiary/aromatic N) is 1. The third-order valence-electron chi connectivity index (χ3n) is 1.30. The van der Waals surface area contributed by atoms with Crippen molar-refractivity contribution in [2.75, 3.05) is 0 Å². The van der Waals surface area contributed by atoms with E-state index in [-0.39, 0.29) is 10.9 Å². The Morgan fingerprint density at radius 2 is 2.08 bits per heavy atom. The summed E-state index contributed by atoms with van der Waals surface area (Å²) in [5, 5.41) is 3.47. The van der Waals surface area contributed by atoms with Gasteiger partial charge in [0.25, 0.3) is 0 Å². The lowest BCUT2D eigenvalue weighted by Gasteiger charge is -1.99. The molecule has 0 spiro atoms. The van der Waals surface area contributed by atoms with E-state index in [1.807, 2.05) is 0 Å². The fraction of sp³-hybridized carbons (Fsp3) is 0. The Balaban J connectivity index is 3.17. The summed E-state index contributed by atoms with van der Waals surface area (Å²) in [4.78, 5) is 0. The summed E-state index contributed by atoms with van der Waals surface area (Å²) in [6, 6.07) is 3.86. The molecule has 3 nitrogen and oxygen atoms in total. The Morgan fingerprint density at radius 1 is 1.42 bits per heavy atom. The molecule has 0 unspecified atom stereocenters. The molecule has 0 bridgehead atoms. The van der Waals surface area contributed by atoms with E-state index in [0.717, 1.165) is 0 Å². The molecular weight excluding hydrogens is 181 g/mol. The van der Waals surface area contributed by atoms with Gasteiger partial charge in [-0.05, 0) is 18.2 Å². The molecule has 0 saturated heterocycles. The Labute approximate surface area is 73.8 Å². The van der Waals surface area contributed by atoms with E-state index in [1.165, 1.54) is 18.2 Å². The standard InChI is InChI=1S/C7H7ClFN3/c8-5-1-4(7(10)12-11)2-6(9)3-5/h1-3H,11H2,(H2,10,12). The zero-order chi connectivity index (χ0) is 9.14. The molecule has 64 valence electrons. The topological polar surface area (TPSA) is 64.4 Å². The van der Waals surface area contributed by atoms with E-state index in [4.69, 9.17) is 23.2 Å². The molecule has 0 radical (unpaired) electrons. The highest BCUT2D eigenvalue weighted by atomic mass is 35.5. The second kappa shape index (κ2) is 3.40. The number of nitrogens with two attached hydrogens (primary N) is 2. The molecule has 1 aromatic carbocycles. The first-order valence-corrected chi connectivity index (χ1v) is 3.51. The molecule has 1 rings (SSSR count). The van der Waals surface area contributed by atoms with Crippen LogP contribution in [0, 0.1) is 5.82 Å². The van der Waals surface area contributed by atoms with Gasteiger partial charge in [-0.2, -0.15) is 5.10 Å². The summed E-state index contributed by atoms with van der Waals surface area (Å²) < 4.78 is 12.7. The molecule has 0 fully saturated rings. The van der Waals surface area contributed by atoms with Gasteiger partial charge in [0.2, 0.25) is 0 Å². The van der Waals surface area contributed by atoms with Crippen LogP contribution >= 0.6 is 11.6 Å². The molecule has 5 heteroatoms. The van der Waals surface area contributed by atoms with Crippen molar-refractivity contribution in [2.45, 2.75) is 0 Å². The molecule has 0 aliphatic carbocycles. The molecule has 1 aromatic rings. The summed E-state index contributed by atoms with van der Waals surface area (Å²) in [5.74, 6) is 4.49. The summed E-state index contributed by atoms with van der Waals surface area (Å²) in [7, 11) is 0. The third-order valence-corrected chi connectivity index (χ3v) is 1.52. The van der Waals surface area contributed by atoms with Gasteiger partial charge in [-0.25, -0.2) is 4.39 Å². The molecule has 0 saturated carbocycles. The monoisotopic (exact) mass is 187 g/mol. The number of halogens is 2. The minimum atomic E-state index is -0.468. The van der Waals surface area contributed by atoms with Gasteiger partial charge in [-0.1, -0.05) is 11.6 Å². The molecule has 0 heterocycles. The first-order valence-electron chi connectivity index (χ1n) is 3.13. The molecule has 4 N–H and O–H groups in total. The Morgan fingerprint density at radius 3 is 2.58 bits per heavy atom. The van der Waals surface area contributed by atoms with Crippen LogP contribution in [0.15, 0.2) is 23.3 Å². The second-order valence-electron chi connectivity index (χ2n) is 2.17. The van der Waals surface area contributed by atoms with Gasteiger partial charge in [0.15, 0.2) is 0 Å². The summed E-state index contributed by atoms with van der Waals surface area (Å²) in [6.45, 7) is 0. The van der Waals surface area contributed by atoms with Gasteiger partial charge in [0, 0.05) is 10.6 Å². The van der Waals surface area contributed by atoms with Gasteiger partial charge in [0.05, 0.1) is 0 Å². The maximum absolute atomic E-state index is 12.7. The van der Waals surface area contributed by atoms with Gasteiger partial charge in [-0.3, -0.25) is 0 Å². The van der Waals surface area contributed by atoms with Crippen molar-refractivity contribution >= 4 is 17.4 Å². The molecule has 12 heavy (non-hydrogen) atoms. The van der Waals surface area contributed by atoms with Crippen LogP contribution in [0.4, 0.5) is 4.39 Å². The smallest absolute Gasteiger partial charge is 0.150 e. The first-order chi connectivity index (χ1) is 5.63. The second-order valence-corrected chi connectivity index (χ2v) is 2.61. The van der Waals surface area contributed by atoms with Crippen LogP contribution in [0.25, 0.3) is 0 Å². The SMILES string of the molecule is N/N=C(/N)c1cc(F)cc(Cl)c1. The van der Waals surface area contributed by atoms with Crippen molar-refractivity contribution in [3.05, 3.63) is 34.6 Å². The zero-order valence-corrected chi connectivity index (χ0v) is 6.85. The van der Waals surface area contributed by atoms with Crippen molar-refractivity contribution in [3.63, 3.8) is 0 Å². The fourth-order valence-electron chi connectivity index (χ4n) is 0.776. The lowest BCUT2D eigenvalue weighted by molar-refractivity contribution is 0.627. The van der Waals surface area contributed by atoms with Gasteiger partial charge < -0.3 is 11.6 Å². The van der Waals surface area contributed by atoms with E-state index in [0.29, 0.717) is 5.56 Å². The van der Waals surface area contributed by atoms with Crippen LogP contribution in [0.5, 0.6) is 0 Å². The Hall–Kier alpha value is -1.29. The number of hydrogen-bond acceptors (Lipinski definition) is 2. The van der Waals surface area contributed by atoms with E-state index in [1.54, 1.807) is 0 Å². The number of hydrazone groups is 1. The van der Waals surface area contributed by atoms with Crippen LogP contribution in [0.2, 0.25) is 5.02 Å². The minimum Gasteiger partial charge on any atom is -0.382 e. The average Bonchev–Trinajstić information content (AvgIpc) is 2.01. The Kier molecular flexibility index (Phi) is 2.50. The summed E-state index contributed by atoms with van der Waals surface area (Å²) in [5.41, 5.74) is 5.71.